The fraction of sp³-hybridized carbons (Fsp3) is 0.371. The van der Waals surface area contributed by atoms with Crippen LogP contribution in [0, 0.1) is 5.92 Å². The Balaban J connectivity index is 0.000000177. The summed E-state index contributed by atoms with van der Waals surface area (Å²) in [4.78, 5) is 25.7. The topological polar surface area (TPSA) is 61.4 Å². The molecule has 0 bridgehead atoms. The minimum Gasteiger partial charge on any atom is -0.362 e. The van der Waals surface area contributed by atoms with Crippen LogP contribution in [-0.2, 0) is 6.42 Å². The predicted octanol–water partition coefficient (Wildman–Crippen LogP) is 9.24. The molecule has 43 heavy (non-hydrogen) atoms. The first-order valence-corrected chi connectivity index (χ1v) is 15.1. The summed E-state index contributed by atoms with van der Waals surface area (Å²) in [6.07, 6.45) is 6.09. The minimum absolute atomic E-state index is 0.187. The molecule has 6 rings (SSSR count). The number of hydrogen-bond acceptors (Lipinski definition) is 3. The molecule has 0 atom stereocenters. The fourth-order valence-corrected chi connectivity index (χ4v) is 5.26. The van der Waals surface area contributed by atoms with Crippen LogP contribution in [0.3, 0.4) is 0 Å². The summed E-state index contributed by atoms with van der Waals surface area (Å²) in [6, 6.07) is 22.1. The number of rotatable bonds is 7. The molecule has 2 amide bonds. The van der Waals surface area contributed by atoms with Crippen LogP contribution >= 0.6 is 0 Å². The number of nitrogens with one attached hydrogen (secondary N) is 2. The summed E-state index contributed by atoms with van der Waals surface area (Å²) < 4.78 is 36.5. The lowest BCUT2D eigenvalue weighted by atomic mass is 9.80. The number of carbonyl (C=O) groups excluding carboxylic acids is 2. The normalized spacial score (nSPS) is 16.3. The number of alkyl halides is 3. The third kappa shape index (κ3) is 8.72. The highest BCUT2D eigenvalue weighted by Crippen LogP contribution is 2.31. The maximum atomic E-state index is 12.3. The molecule has 226 valence electrons. The number of nitrogens with zero attached hydrogens (tertiary/aromatic N) is 1. The molecule has 2 aliphatic carbocycles. The summed E-state index contributed by atoms with van der Waals surface area (Å²) in [5.74, 6) is 0.586. The molecule has 3 aromatic carbocycles. The van der Waals surface area contributed by atoms with Crippen LogP contribution in [0.1, 0.15) is 67.3 Å². The first-order chi connectivity index (χ1) is 20.7. The monoisotopic (exact) mass is 589 g/mol. The molecule has 2 saturated carbocycles. The van der Waals surface area contributed by atoms with Crippen molar-refractivity contribution in [3.63, 3.8) is 0 Å². The number of benzene rings is 3. The molecular formula is C35H38F3N3O2. The van der Waals surface area contributed by atoms with Crippen molar-refractivity contribution in [3.8, 4) is 11.1 Å². The Morgan fingerprint density at radius 1 is 0.767 bits per heavy atom. The number of anilines is 2. The van der Waals surface area contributed by atoms with Crippen LogP contribution in [-0.4, -0.2) is 36.0 Å². The minimum atomic E-state index is -4.21. The largest absolute Gasteiger partial charge is 0.393 e. The molecule has 1 aliphatic heterocycles. The zero-order chi connectivity index (χ0) is 30.2. The van der Waals surface area contributed by atoms with Crippen molar-refractivity contribution in [1.82, 2.24) is 4.90 Å². The first-order valence-electron chi connectivity index (χ1n) is 15.1. The zero-order valence-corrected chi connectivity index (χ0v) is 24.3. The summed E-state index contributed by atoms with van der Waals surface area (Å²) >= 11 is 0. The SMILES string of the molecule is O=C(Nc1ccc(CC(F)(F)F)cc1)N1CCCC1.O=C(c1ccc(-c2ccc(NC=C3CCC3)cc2)cc1)C1CCC1. The molecule has 1 saturated heterocycles. The van der Waals surface area contributed by atoms with E-state index in [1.54, 1.807) is 4.90 Å². The van der Waals surface area contributed by atoms with Gasteiger partial charge in [0.05, 0.1) is 6.42 Å². The van der Waals surface area contributed by atoms with Crippen molar-refractivity contribution < 1.29 is 22.8 Å². The van der Waals surface area contributed by atoms with Gasteiger partial charge in [0.2, 0.25) is 0 Å². The van der Waals surface area contributed by atoms with E-state index in [4.69, 9.17) is 0 Å². The van der Waals surface area contributed by atoms with E-state index in [9.17, 15) is 22.8 Å². The number of amides is 2. The highest BCUT2D eigenvalue weighted by molar-refractivity contribution is 5.98. The van der Waals surface area contributed by atoms with Gasteiger partial charge >= 0.3 is 12.2 Å². The average Bonchev–Trinajstić information content (AvgIpc) is 3.48. The molecule has 2 N–H and O–H groups in total. The van der Waals surface area contributed by atoms with E-state index in [0.717, 1.165) is 55.6 Å². The van der Waals surface area contributed by atoms with Crippen LogP contribution < -0.4 is 10.6 Å². The number of carbonyl (C=O) groups is 2. The molecular weight excluding hydrogens is 551 g/mol. The third-order valence-corrected chi connectivity index (χ3v) is 8.31. The lowest BCUT2D eigenvalue weighted by molar-refractivity contribution is -0.127. The Bertz CT molecular complexity index is 1400. The van der Waals surface area contributed by atoms with Crippen LogP contribution in [0.5, 0.6) is 0 Å². The van der Waals surface area contributed by atoms with E-state index in [0.29, 0.717) is 11.5 Å². The van der Waals surface area contributed by atoms with E-state index in [2.05, 4.69) is 53.2 Å². The van der Waals surface area contributed by atoms with E-state index >= 15 is 0 Å². The smallest absolute Gasteiger partial charge is 0.362 e. The number of allylic oxidation sites excluding steroid dienone is 1. The number of urea groups is 1. The van der Waals surface area contributed by atoms with Gasteiger partial charge in [-0.3, -0.25) is 4.79 Å². The number of halogens is 3. The van der Waals surface area contributed by atoms with Crippen molar-refractivity contribution in [2.75, 3.05) is 23.7 Å². The van der Waals surface area contributed by atoms with Crippen molar-refractivity contribution in [2.24, 2.45) is 5.92 Å². The summed E-state index contributed by atoms with van der Waals surface area (Å²) in [6.45, 7) is 1.47. The summed E-state index contributed by atoms with van der Waals surface area (Å²) in [7, 11) is 0. The standard InChI is InChI=1S/C22H23NO.C13H15F3N2O/c24-22(19-5-2-6-19)20-9-7-17(8-10-20)18-11-13-21(14-12-18)23-15-16-3-1-4-16;14-13(15,16)9-10-3-5-11(6-4-10)17-12(19)18-7-1-2-8-18/h7-15,19,23H,1-6H2;3-6H,1-2,7-9H2,(H,17,19). The number of Topliss-reactive ketones (excluding diaryl/α,β-unsaturated/α-hetero) is 1. The lowest BCUT2D eigenvalue weighted by Gasteiger charge is -2.23. The van der Waals surface area contributed by atoms with Gasteiger partial charge < -0.3 is 15.5 Å². The van der Waals surface area contributed by atoms with Crippen molar-refractivity contribution >= 4 is 23.2 Å². The van der Waals surface area contributed by atoms with Crippen LogP contribution in [0.15, 0.2) is 84.6 Å². The van der Waals surface area contributed by atoms with Crippen molar-refractivity contribution in [3.05, 3.63) is 95.7 Å². The van der Waals surface area contributed by atoms with Crippen molar-refractivity contribution in [1.29, 1.82) is 0 Å². The van der Waals surface area contributed by atoms with Gasteiger partial charge in [-0.1, -0.05) is 60.5 Å². The van der Waals surface area contributed by atoms with E-state index < -0.39 is 12.6 Å². The van der Waals surface area contributed by atoms with E-state index in [1.165, 1.54) is 61.1 Å². The molecule has 0 unspecified atom stereocenters. The Morgan fingerprint density at radius 3 is 1.86 bits per heavy atom. The third-order valence-electron chi connectivity index (χ3n) is 8.31. The molecule has 3 aliphatic rings. The molecule has 1 heterocycles. The molecule has 5 nitrogen and oxygen atoms in total. The number of hydrogen-bond donors (Lipinski definition) is 2. The zero-order valence-electron chi connectivity index (χ0n) is 24.3. The van der Waals surface area contributed by atoms with Gasteiger partial charge in [-0.2, -0.15) is 13.2 Å². The molecule has 3 fully saturated rings. The Hall–Kier alpha value is -4.07. The maximum Gasteiger partial charge on any atom is 0.393 e. The number of likely N-dealkylation sites (tertiary alicyclic amines) is 1. The van der Waals surface area contributed by atoms with Crippen LogP contribution in [0.2, 0.25) is 0 Å². The van der Waals surface area contributed by atoms with Gasteiger partial charge in [-0.25, -0.2) is 4.79 Å². The van der Waals surface area contributed by atoms with Crippen molar-refractivity contribution in [2.45, 2.75) is 64.0 Å². The fourth-order valence-electron chi connectivity index (χ4n) is 5.26. The first kappa shape index (κ1) is 30.4. The molecule has 8 heteroatoms. The average molecular weight is 590 g/mol. The predicted molar refractivity (Wildman–Crippen MR) is 165 cm³/mol. The van der Waals surface area contributed by atoms with Gasteiger partial charge in [-0.15, -0.1) is 0 Å². The number of ketones is 1. The second-order valence-corrected chi connectivity index (χ2v) is 11.6. The van der Waals surface area contributed by atoms with Gasteiger partial charge in [0.25, 0.3) is 0 Å². The van der Waals surface area contributed by atoms with E-state index in [-0.39, 0.29) is 17.5 Å². The quantitative estimate of drug-likeness (QED) is 0.270. The van der Waals surface area contributed by atoms with Gasteiger partial charge in [-0.05, 0) is 85.9 Å². The molecule has 0 aromatic heterocycles. The Morgan fingerprint density at radius 2 is 1.35 bits per heavy atom. The van der Waals surface area contributed by atoms with Gasteiger partial charge in [0.1, 0.15) is 0 Å². The molecule has 0 spiro atoms. The summed E-state index contributed by atoms with van der Waals surface area (Å²) in [5.41, 5.74) is 6.52. The summed E-state index contributed by atoms with van der Waals surface area (Å²) in [5, 5.41) is 6.05. The van der Waals surface area contributed by atoms with Crippen LogP contribution in [0.25, 0.3) is 11.1 Å². The maximum absolute atomic E-state index is 12.3. The Labute approximate surface area is 251 Å². The molecule has 3 aromatic rings. The van der Waals surface area contributed by atoms with E-state index in [1.807, 2.05) is 12.1 Å². The van der Waals surface area contributed by atoms with Gasteiger partial charge in [0, 0.05) is 42.1 Å². The van der Waals surface area contributed by atoms with Crippen LogP contribution in [0.4, 0.5) is 29.3 Å². The lowest BCUT2D eigenvalue weighted by Crippen LogP contribution is -2.32. The van der Waals surface area contributed by atoms with Gasteiger partial charge in [0.15, 0.2) is 5.78 Å². The molecule has 0 radical (unpaired) electrons. The second kappa shape index (κ2) is 13.9. The second-order valence-electron chi connectivity index (χ2n) is 11.6. The highest BCUT2D eigenvalue weighted by Gasteiger charge is 2.28. The highest BCUT2D eigenvalue weighted by atomic mass is 19.4. The Kier molecular flexibility index (Phi) is 9.85.